The summed E-state index contributed by atoms with van der Waals surface area (Å²) in [5, 5.41) is 21.6. The highest BCUT2D eigenvalue weighted by Crippen LogP contribution is 2.48. The number of anilines is 2. The third-order valence-electron chi connectivity index (χ3n) is 7.36. The van der Waals surface area contributed by atoms with Crippen LogP contribution in [0.1, 0.15) is 30.0 Å². The lowest BCUT2D eigenvalue weighted by atomic mass is 9.83. The molecule has 0 unspecified atom stereocenters. The summed E-state index contributed by atoms with van der Waals surface area (Å²) in [6.45, 7) is 2.16. The second-order valence-electron chi connectivity index (χ2n) is 9.51. The van der Waals surface area contributed by atoms with E-state index in [1.54, 1.807) is 34.9 Å². The summed E-state index contributed by atoms with van der Waals surface area (Å²) in [4.78, 5) is 30.0. The zero-order chi connectivity index (χ0) is 25.3. The third kappa shape index (κ3) is 4.02. The van der Waals surface area contributed by atoms with E-state index in [1.165, 1.54) is 0 Å². The van der Waals surface area contributed by atoms with Crippen LogP contribution in [0, 0.1) is 5.92 Å². The summed E-state index contributed by atoms with van der Waals surface area (Å²) < 4.78 is 0. The Kier molecular flexibility index (Phi) is 6.48. The summed E-state index contributed by atoms with van der Waals surface area (Å²) in [5.41, 5.74) is 2.41. The van der Waals surface area contributed by atoms with Crippen molar-refractivity contribution in [2.75, 3.05) is 11.5 Å². The molecule has 6 heteroatoms. The van der Waals surface area contributed by atoms with E-state index < -0.39 is 17.4 Å². The smallest absolute Gasteiger partial charge is 0.268 e. The minimum absolute atomic E-state index is 0.0944. The first-order valence-electron chi connectivity index (χ1n) is 12.3. The van der Waals surface area contributed by atoms with Gasteiger partial charge in [-0.25, -0.2) is 0 Å². The summed E-state index contributed by atoms with van der Waals surface area (Å²) in [6, 6.07) is 24.3. The fourth-order valence-corrected chi connectivity index (χ4v) is 5.33. The largest absolute Gasteiger partial charge is 0.394 e. The van der Waals surface area contributed by atoms with Crippen molar-refractivity contribution < 1.29 is 19.8 Å². The standard InChI is InChI=1S/C30H30N2O4/c1-21(10-9-17-28(34)31-19-23-12-6-5-11-22(23)18-25(31)20-33)30(36)26-15-7-8-16-27(26)32(29(30)35)24-13-3-2-4-14-24/h2-16,21,25,33,36H,17-20H2,1H3/b10-9+/t21-,25-,30+/m0/s1. The molecule has 184 valence electrons. The summed E-state index contributed by atoms with van der Waals surface area (Å²) in [7, 11) is 0. The van der Waals surface area contributed by atoms with Gasteiger partial charge in [0.05, 0.1) is 18.3 Å². The van der Waals surface area contributed by atoms with Crippen molar-refractivity contribution in [3.05, 3.63) is 108 Å². The minimum atomic E-state index is -1.75. The predicted octanol–water partition coefficient (Wildman–Crippen LogP) is 4.08. The lowest BCUT2D eigenvalue weighted by Gasteiger charge is -2.36. The van der Waals surface area contributed by atoms with E-state index >= 15 is 0 Å². The molecule has 2 aliphatic heterocycles. The molecule has 5 rings (SSSR count). The van der Waals surface area contributed by atoms with Gasteiger partial charge in [-0.2, -0.15) is 0 Å². The van der Waals surface area contributed by atoms with Crippen molar-refractivity contribution in [2.24, 2.45) is 5.92 Å². The highest BCUT2D eigenvalue weighted by atomic mass is 16.3. The van der Waals surface area contributed by atoms with Gasteiger partial charge >= 0.3 is 0 Å². The van der Waals surface area contributed by atoms with Gasteiger partial charge in [0.2, 0.25) is 5.91 Å². The number of hydrogen-bond acceptors (Lipinski definition) is 4. The van der Waals surface area contributed by atoms with E-state index in [9.17, 15) is 19.8 Å². The molecule has 36 heavy (non-hydrogen) atoms. The fourth-order valence-electron chi connectivity index (χ4n) is 5.33. The number of para-hydroxylation sites is 2. The molecule has 3 aromatic carbocycles. The van der Waals surface area contributed by atoms with Crippen LogP contribution in [0.5, 0.6) is 0 Å². The van der Waals surface area contributed by atoms with Gasteiger partial charge in [-0.1, -0.05) is 79.7 Å². The van der Waals surface area contributed by atoms with E-state index in [0.29, 0.717) is 29.9 Å². The molecule has 0 saturated heterocycles. The monoisotopic (exact) mass is 482 g/mol. The lowest BCUT2D eigenvalue weighted by molar-refractivity contribution is -0.138. The Morgan fingerprint density at radius 1 is 1.03 bits per heavy atom. The van der Waals surface area contributed by atoms with E-state index in [0.717, 1.165) is 11.1 Å². The number of nitrogens with zero attached hydrogens (tertiary/aromatic N) is 2. The highest BCUT2D eigenvalue weighted by Gasteiger charge is 2.52. The number of carbonyl (C=O) groups excluding carboxylic acids is 2. The van der Waals surface area contributed by atoms with Crippen LogP contribution >= 0.6 is 0 Å². The number of aliphatic hydroxyl groups excluding tert-OH is 1. The SMILES string of the molecule is C[C@@H](/C=C/CC(=O)N1Cc2ccccc2C[C@H]1CO)[C@]1(O)C(=O)N(c2ccccc2)c2ccccc21. The van der Waals surface area contributed by atoms with E-state index in [-0.39, 0.29) is 25.0 Å². The molecular weight excluding hydrogens is 452 g/mol. The number of benzene rings is 3. The molecule has 2 heterocycles. The van der Waals surface area contributed by atoms with Crippen LogP contribution in [-0.2, 0) is 28.2 Å². The van der Waals surface area contributed by atoms with E-state index in [2.05, 4.69) is 0 Å². The topological polar surface area (TPSA) is 81.1 Å². The number of hydrogen-bond donors (Lipinski definition) is 2. The third-order valence-corrected chi connectivity index (χ3v) is 7.36. The van der Waals surface area contributed by atoms with Crippen molar-refractivity contribution >= 4 is 23.2 Å². The summed E-state index contributed by atoms with van der Waals surface area (Å²) in [6.07, 6.45) is 4.21. The number of amides is 2. The quantitative estimate of drug-likeness (QED) is 0.519. The maximum Gasteiger partial charge on any atom is 0.268 e. The Bertz CT molecular complexity index is 1310. The van der Waals surface area contributed by atoms with E-state index in [4.69, 9.17) is 0 Å². The van der Waals surface area contributed by atoms with Crippen LogP contribution in [0.4, 0.5) is 11.4 Å². The van der Waals surface area contributed by atoms with Gasteiger partial charge in [0.15, 0.2) is 5.60 Å². The lowest BCUT2D eigenvalue weighted by Crippen LogP contribution is -2.46. The zero-order valence-electron chi connectivity index (χ0n) is 20.2. The molecule has 3 aromatic rings. The minimum Gasteiger partial charge on any atom is -0.394 e. The van der Waals surface area contributed by atoms with Gasteiger partial charge in [0, 0.05) is 30.1 Å². The van der Waals surface area contributed by atoms with Crippen LogP contribution in [0.15, 0.2) is 91.0 Å². The second kappa shape index (κ2) is 9.72. The zero-order valence-corrected chi connectivity index (χ0v) is 20.2. The first-order chi connectivity index (χ1) is 17.4. The average molecular weight is 483 g/mol. The maximum atomic E-state index is 13.6. The molecule has 0 radical (unpaired) electrons. The van der Waals surface area contributed by atoms with Crippen molar-refractivity contribution in [2.45, 2.75) is 38.0 Å². The Morgan fingerprint density at radius 2 is 1.69 bits per heavy atom. The molecule has 0 fully saturated rings. The van der Waals surface area contributed by atoms with E-state index in [1.807, 2.05) is 72.8 Å². The number of carbonyl (C=O) groups is 2. The molecular formula is C30H30N2O4. The van der Waals surface area contributed by atoms with Crippen LogP contribution in [0.3, 0.4) is 0 Å². The van der Waals surface area contributed by atoms with Crippen molar-refractivity contribution in [3.63, 3.8) is 0 Å². The average Bonchev–Trinajstić information content (AvgIpc) is 3.15. The Hall–Kier alpha value is -3.74. The molecule has 6 nitrogen and oxygen atoms in total. The normalized spacial score (nSPS) is 22.0. The van der Waals surface area contributed by atoms with Gasteiger partial charge in [-0.15, -0.1) is 0 Å². The van der Waals surface area contributed by atoms with Crippen LogP contribution in [0.2, 0.25) is 0 Å². The molecule has 0 bridgehead atoms. The summed E-state index contributed by atoms with van der Waals surface area (Å²) in [5.74, 6) is -1.07. The molecule has 2 N–H and O–H groups in total. The fraction of sp³-hybridized carbons (Fsp3) is 0.267. The van der Waals surface area contributed by atoms with Gasteiger partial charge in [0.1, 0.15) is 0 Å². The molecule has 3 atom stereocenters. The molecule has 0 aromatic heterocycles. The first-order valence-corrected chi connectivity index (χ1v) is 12.3. The molecule has 2 amide bonds. The van der Waals surface area contributed by atoms with Gasteiger partial charge in [-0.3, -0.25) is 14.5 Å². The molecule has 2 aliphatic rings. The molecule has 0 saturated carbocycles. The van der Waals surface area contributed by atoms with Gasteiger partial charge in [-0.05, 0) is 35.7 Å². The Morgan fingerprint density at radius 3 is 2.44 bits per heavy atom. The molecule has 0 aliphatic carbocycles. The summed E-state index contributed by atoms with van der Waals surface area (Å²) >= 11 is 0. The number of fused-ring (bicyclic) bond motifs is 2. The Labute approximate surface area is 211 Å². The van der Waals surface area contributed by atoms with Crippen molar-refractivity contribution in [1.82, 2.24) is 4.90 Å². The van der Waals surface area contributed by atoms with Gasteiger partial charge in [0.25, 0.3) is 5.91 Å². The Balaban J connectivity index is 1.34. The van der Waals surface area contributed by atoms with Crippen molar-refractivity contribution in [3.8, 4) is 0 Å². The predicted molar refractivity (Wildman–Crippen MR) is 138 cm³/mol. The second-order valence-corrected chi connectivity index (χ2v) is 9.51. The molecule has 0 spiro atoms. The van der Waals surface area contributed by atoms with Gasteiger partial charge < -0.3 is 15.1 Å². The maximum absolute atomic E-state index is 13.6. The number of rotatable bonds is 6. The first kappa shape index (κ1) is 24.0. The van der Waals surface area contributed by atoms with Crippen molar-refractivity contribution in [1.29, 1.82) is 0 Å². The van der Waals surface area contributed by atoms with Crippen LogP contribution in [-0.4, -0.2) is 39.6 Å². The number of aliphatic hydroxyl groups is 2. The van der Waals surface area contributed by atoms with Crippen LogP contribution < -0.4 is 4.90 Å². The van der Waals surface area contributed by atoms with Crippen LogP contribution in [0.25, 0.3) is 0 Å². The highest BCUT2D eigenvalue weighted by molar-refractivity contribution is 6.12.